The average molecular weight is 350 g/mol. The van der Waals surface area contributed by atoms with Crippen LogP contribution in [0.15, 0.2) is 78.9 Å². The van der Waals surface area contributed by atoms with Gasteiger partial charge in [-0.15, -0.1) is 0 Å². The van der Waals surface area contributed by atoms with E-state index in [0.29, 0.717) is 12.2 Å². The lowest BCUT2D eigenvalue weighted by molar-refractivity contribution is 0.0527. The lowest BCUT2D eigenvalue weighted by Crippen LogP contribution is -2.06. The smallest absolute Gasteiger partial charge is 0.338 e. The van der Waals surface area contributed by atoms with E-state index in [1.54, 1.807) is 0 Å². The summed E-state index contributed by atoms with van der Waals surface area (Å²) >= 11 is 0. The molecule has 0 fully saturated rings. The van der Waals surface area contributed by atoms with E-state index in [4.69, 9.17) is 4.74 Å². The SMILES string of the molecule is CCOC(=O)c1ccccc1-c1ccc2ccc3cccc4ccc1c2c34. The molecule has 2 nitrogen and oxygen atoms in total. The minimum absolute atomic E-state index is 0.279. The van der Waals surface area contributed by atoms with Crippen LogP contribution in [0.5, 0.6) is 0 Å². The summed E-state index contributed by atoms with van der Waals surface area (Å²) < 4.78 is 5.28. The first-order valence-electron chi connectivity index (χ1n) is 9.21. The van der Waals surface area contributed by atoms with Gasteiger partial charge in [0.2, 0.25) is 0 Å². The van der Waals surface area contributed by atoms with Gasteiger partial charge in [-0.3, -0.25) is 0 Å². The zero-order valence-electron chi connectivity index (χ0n) is 15.0. The van der Waals surface area contributed by atoms with Gasteiger partial charge in [-0.2, -0.15) is 0 Å². The fraction of sp³-hybridized carbons (Fsp3) is 0.0800. The van der Waals surface area contributed by atoms with Crippen molar-refractivity contribution in [3.05, 3.63) is 84.4 Å². The van der Waals surface area contributed by atoms with Gasteiger partial charge in [-0.1, -0.05) is 72.8 Å². The van der Waals surface area contributed by atoms with Crippen molar-refractivity contribution < 1.29 is 9.53 Å². The van der Waals surface area contributed by atoms with Crippen LogP contribution in [0.1, 0.15) is 17.3 Å². The third kappa shape index (κ3) is 2.37. The summed E-state index contributed by atoms with van der Waals surface area (Å²) in [6, 6.07) is 27.0. The fourth-order valence-corrected chi connectivity index (χ4v) is 4.08. The van der Waals surface area contributed by atoms with Crippen LogP contribution < -0.4 is 0 Å². The van der Waals surface area contributed by atoms with Crippen LogP contribution in [0.4, 0.5) is 0 Å². The van der Waals surface area contributed by atoms with E-state index in [-0.39, 0.29) is 5.97 Å². The molecule has 130 valence electrons. The van der Waals surface area contributed by atoms with Gasteiger partial charge < -0.3 is 4.74 Å². The van der Waals surface area contributed by atoms with E-state index in [1.165, 1.54) is 26.9 Å². The molecule has 0 aliphatic carbocycles. The highest BCUT2D eigenvalue weighted by Crippen LogP contribution is 2.39. The van der Waals surface area contributed by atoms with Gasteiger partial charge >= 0.3 is 5.97 Å². The highest BCUT2D eigenvalue weighted by molar-refractivity contribution is 6.25. The van der Waals surface area contributed by atoms with Crippen molar-refractivity contribution in [1.82, 2.24) is 0 Å². The Morgan fingerprint density at radius 3 is 2.15 bits per heavy atom. The molecule has 0 radical (unpaired) electrons. The Hall–Kier alpha value is -3.39. The molecule has 0 saturated heterocycles. The predicted molar refractivity (Wildman–Crippen MR) is 112 cm³/mol. The Morgan fingerprint density at radius 2 is 1.37 bits per heavy atom. The molecule has 5 aromatic rings. The molecule has 0 aliphatic rings. The molecular formula is C25H18O2. The maximum Gasteiger partial charge on any atom is 0.338 e. The van der Waals surface area contributed by atoms with E-state index >= 15 is 0 Å². The van der Waals surface area contributed by atoms with Crippen molar-refractivity contribution in [1.29, 1.82) is 0 Å². The summed E-state index contributed by atoms with van der Waals surface area (Å²) in [5.41, 5.74) is 2.58. The summed E-state index contributed by atoms with van der Waals surface area (Å²) in [4.78, 5) is 12.5. The number of hydrogen-bond acceptors (Lipinski definition) is 2. The van der Waals surface area contributed by atoms with Crippen LogP contribution in [-0.2, 0) is 4.74 Å². The van der Waals surface area contributed by atoms with Gasteiger partial charge in [0.1, 0.15) is 0 Å². The molecule has 0 spiro atoms. The maximum atomic E-state index is 12.5. The van der Waals surface area contributed by atoms with Crippen molar-refractivity contribution in [3.8, 4) is 11.1 Å². The Kier molecular flexibility index (Phi) is 3.58. The molecule has 0 saturated carbocycles. The molecule has 0 aromatic heterocycles. The first-order valence-corrected chi connectivity index (χ1v) is 9.21. The number of esters is 1. The Morgan fingerprint density at radius 1 is 0.704 bits per heavy atom. The number of rotatable bonds is 3. The first-order chi connectivity index (χ1) is 13.3. The predicted octanol–water partition coefficient (Wildman–Crippen LogP) is 6.43. The second-order valence-electron chi connectivity index (χ2n) is 6.74. The van der Waals surface area contributed by atoms with Crippen LogP contribution in [-0.4, -0.2) is 12.6 Å². The van der Waals surface area contributed by atoms with Crippen molar-refractivity contribution in [2.45, 2.75) is 6.92 Å². The molecule has 0 unspecified atom stereocenters. The van der Waals surface area contributed by atoms with Crippen molar-refractivity contribution in [2.75, 3.05) is 6.61 Å². The van der Waals surface area contributed by atoms with Gasteiger partial charge in [-0.05, 0) is 56.4 Å². The van der Waals surface area contributed by atoms with Crippen molar-refractivity contribution >= 4 is 38.3 Å². The summed E-state index contributed by atoms with van der Waals surface area (Å²) in [6.45, 7) is 2.20. The topological polar surface area (TPSA) is 26.3 Å². The summed E-state index contributed by atoms with van der Waals surface area (Å²) in [6.07, 6.45) is 0. The highest BCUT2D eigenvalue weighted by Gasteiger charge is 2.17. The van der Waals surface area contributed by atoms with Gasteiger partial charge in [-0.25, -0.2) is 4.79 Å². The standard InChI is InChI=1S/C25H18O2/c1-2-27-25(26)22-9-4-3-8-19(22)20-14-12-18-11-10-16-6-5-7-17-13-15-21(20)24(18)23(16)17/h3-15H,2H2,1H3. The first kappa shape index (κ1) is 15.8. The highest BCUT2D eigenvalue weighted by atomic mass is 16.5. The number of ether oxygens (including phenoxy) is 1. The van der Waals surface area contributed by atoms with Crippen LogP contribution in [0.25, 0.3) is 43.4 Å². The summed E-state index contributed by atoms with van der Waals surface area (Å²) in [5.74, 6) is -0.279. The van der Waals surface area contributed by atoms with Gasteiger partial charge in [0.15, 0.2) is 0 Å². The number of carbonyl (C=O) groups is 1. The minimum atomic E-state index is -0.279. The van der Waals surface area contributed by atoms with E-state index < -0.39 is 0 Å². The second kappa shape index (κ2) is 6.10. The lowest BCUT2D eigenvalue weighted by Gasteiger charge is -2.15. The van der Waals surface area contributed by atoms with Gasteiger partial charge in [0.05, 0.1) is 12.2 Å². The van der Waals surface area contributed by atoms with Crippen LogP contribution in [0, 0.1) is 0 Å². The lowest BCUT2D eigenvalue weighted by atomic mass is 9.88. The van der Waals surface area contributed by atoms with Crippen LogP contribution >= 0.6 is 0 Å². The Labute approximate surface area is 157 Å². The van der Waals surface area contributed by atoms with Crippen LogP contribution in [0.2, 0.25) is 0 Å². The average Bonchev–Trinajstić information content (AvgIpc) is 2.72. The van der Waals surface area contributed by atoms with Gasteiger partial charge in [0.25, 0.3) is 0 Å². The molecule has 27 heavy (non-hydrogen) atoms. The van der Waals surface area contributed by atoms with Gasteiger partial charge in [0, 0.05) is 0 Å². The minimum Gasteiger partial charge on any atom is -0.462 e. The van der Waals surface area contributed by atoms with Crippen LogP contribution in [0.3, 0.4) is 0 Å². The van der Waals surface area contributed by atoms with Crippen molar-refractivity contribution in [3.63, 3.8) is 0 Å². The number of carbonyl (C=O) groups excluding carboxylic acids is 1. The Bertz CT molecular complexity index is 1280. The molecule has 0 aliphatic heterocycles. The molecule has 0 heterocycles. The molecule has 5 rings (SSSR count). The molecule has 0 amide bonds. The molecule has 0 bridgehead atoms. The van der Waals surface area contributed by atoms with E-state index in [9.17, 15) is 4.79 Å². The fourth-order valence-electron chi connectivity index (χ4n) is 4.08. The van der Waals surface area contributed by atoms with E-state index in [0.717, 1.165) is 16.5 Å². The normalized spacial score (nSPS) is 11.4. The third-order valence-corrected chi connectivity index (χ3v) is 5.24. The maximum absolute atomic E-state index is 12.5. The number of benzene rings is 5. The number of hydrogen-bond donors (Lipinski definition) is 0. The molecule has 5 aromatic carbocycles. The largest absolute Gasteiger partial charge is 0.462 e. The summed E-state index contributed by atoms with van der Waals surface area (Å²) in [7, 11) is 0. The molecule has 0 atom stereocenters. The molecule has 2 heteroatoms. The second-order valence-corrected chi connectivity index (χ2v) is 6.74. The molecule has 0 N–H and O–H groups in total. The quantitative estimate of drug-likeness (QED) is 0.277. The van der Waals surface area contributed by atoms with E-state index in [1.807, 2.05) is 31.2 Å². The third-order valence-electron chi connectivity index (χ3n) is 5.24. The Balaban J connectivity index is 1.87. The monoisotopic (exact) mass is 350 g/mol. The van der Waals surface area contributed by atoms with E-state index in [2.05, 4.69) is 54.6 Å². The zero-order chi connectivity index (χ0) is 18.4. The molecular weight excluding hydrogens is 332 g/mol. The van der Waals surface area contributed by atoms with Crippen molar-refractivity contribution in [2.24, 2.45) is 0 Å². The summed E-state index contributed by atoms with van der Waals surface area (Å²) in [5, 5.41) is 7.38. The zero-order valence-corrected chi connectivity index (χ0v) is 15.0.